The van der Waals surface area contributed by atoms with Crippen LogP contribution in [0.2, 0.25) is 0 Å². The molecule has 0 aliphatic rings. The van der Waals surface area contributed by atoms with Crippen LogP contribution in [-0.2, 0) is 5.92 Å². The first-order valence-corrected chi connectivity index (χ1v) is 9.91. The maximum Gasteiger partial charge on any atom is 0.273 e. The molecule has 7 nitrogen and oxygen atoms in total. The van der Waals surface area contributed by atoms with Crippen molar-refractivity contribution in [2.45, 2.75) is 32.7 Å². The molecule has 0 saturated carbocycles. The number of hydrogen-bond acceptors (Lipinski definition) is 6. The number of nitrogens with zero attached hydrogens (tertiary/aromatic N) is 5. The fraction of sp³-hybridized carbons (Fsp3) is 0.318. The molecule has 0 aliphatic carbocycles. The lowest BCUT2D eigenvalue weighted by atomic mass is 10.1. The van der Waals surface area contributed by atoms with Crippen LogP contribution in [0.25, 0.3) is 11.3 Å². The predicted molar refractivity (Wildman–Crippen MR) is 114 cm³/mol. The summed E-state index contributed by atoms with van der Waals surface area (Å²) in [5, 5.41) is 3.00. The van der Waals surface area contributed by atoms with Crippen molar-refractivity contribution in [2.75, 3.05) is 18.4 Å². The molecule has 2 heterocycles. The van der Waals surface area contributed by atoms with Gasteiger partial charge < -0.3 is 10.2 Å². The average molecular weight is 426 g/mol. The largest absolute Gasteiger partial charge is 0.352 e. The van der Waals surface area contributed by atoms with Crippen LogP contribution in [0.15, 0.2) is 55.2 Å². The molecule has 0 unspecified atom stereocenters. The first-order valence-electron chi connectivity index (χ1n) is 9.91. The molecular formula is C22H24F2N6O. The Bertz CT molecular complexity index is 1010. The van der Waals surface area contributed by atoms with Crippen molar-refractivity contribution in [2.24, 2.45) is 0 Å². The van der Waals surface area contributed by atoms with Crippen LogP contribution in [0.4, 0.5) is 14.7 Å². The van der Waals surface area contributed by atoms with Gasteiger partial charge in [-0.1, -0.05) is 30.3 Å². The van der Waals surface area contributed by atoms with E-state index in [4.69, 9.17) is 0 Å². The van der Waals surface area contributed by atoms with E-state index in [9.17, 15) is 13.6 Å². The second-order valence-corrected chi connectivity index (χ2v) is 7.16. The maximum atomic E-state index is 13.3. The topological polar surface area (TPSA) is 83.9 Å². The van der Waals surface area contributed by atoms with Crippen molar-refractivity contribution in [3.8, 4) is 11.3 Å². The molecule has 9 heteroatoms. The highest BCUT2D eigenvalue weighted by Crippen LogP contribution is 2.25. The van der Waals surface area contributed by atoms with E-state index in [0.29, 0.717) is 24.3 Å². The van der Waals surface area contributed by atoms with E-state index in [1.807, 2.05) is 44.2 Å². The van der Waals surface area contributed by atoms with Gasteiger partial charge in [0, 0.05) is 50.2 Å². The van der Waals surface area contributed by atoms with E-state index in [1.165, 1.54) is 12.5 Å². The van der Waals surface area contributed by atoms with E-state index in [2.05, 4.69) is 25.3 Å². The molecule has 3 aromatic rings. The standard InChI is InChI=1S/C22H24F2N6O/c1-4-30(15(2)10-26-21-27-11-17(12-28-21)22(3,23)24)20(31)18-13-25-14-29-19(18)16-8-6-5-7-9-16/h5-9,11-15H,4,10H2,1-3H3,(H,26,27,28)/t15-/m0/s1. The summed E-state index contributed by atoms with van der Waals surface area (Å²) >= 11 is 0. The molecule has 0 spiro atoms. The highest BCUT2D eigenvalue weighted by atomic mass is 19.3. The number of halogens is 2. The summed E-state index contributed by atoms with van der Waals surface area (Å²) in [6, 6.07) is 9.22. The van der Waals surface area contributed by atoms with Crippen molar-refractivity contribution >= 4 is 11.9 Å². The third kappa shape index (κ3) is 5.36. The summed E-state index contributed by atoms with van der Waals surface area (Å²) in [4.78, 5) is 31.2. The fourth-order valence-corrected chi connectivity index (χ4v) is 3.12. The van der Waals surface area contributed by atoms with Gasteiger partial charge in [0.15, 0.2) is 0 Å². The SMILES string of the molecule is CCN(C(=O)c1cncnc1-c1ccccc1)[C@@H](C)CNc1ncc(C(C)(F)F)cn1. The van der Waals surface area contributed by atoms with Gasteiger partial charge in [-0.2, -0.15) is 0 Å². The van der Waals surface area contributed by atoms with E-state index in [1.54, 1.807) is 4.90 Å². The molecule has 0 aliphatic heterocycles. The van der Waals surface area contributed by atoms with E-state index < -0.39 is 5.92 Å². The number of alkyl halides is 2. The Hall–Kier alpha value is -3.49. The zero-order valence-electron chi connectivity index (χ0n) is 17.6. The van der Waals surface area contributed by atoms with Crippen LogP contribution in [-0.4, -0.2) is 49.9 Å². The van der Waals surface area contributed by atoms with Crippen LogP contribution in [0.5, 0.6) is 0 Å². The summed E-state index contributed by atoms with van der Waals surface area (Å²) in [6.07, 6.45) is 5.13. The van der Waals surface area contributed by atoms with Gasteiger partial charge in [0.05, 0.1) is 16.8 Å². The van der Waals surface area contributed by atoms with Crippen molar-refractivity contribution in [3.05, 3.63) is 66.4 Å². The normalized spacial score (nSPS) is 12.3. The second kappa shape index (κ2) is 9.55. The van der Waals surface area contributed by atoms with Gasteiger partial charge in [-0.05, 0) is 13.8 Å². The van der Waals surface area contributed by atoms with Crippen molar-refractivity contribution in [1.29, 1.82) is 0 Å². The Morgan fingerprint density at radius 3 is 2.42 bits per heavy atom. The molecule has 1 N–H and O–H groups in total. The van der Waals surface area contributed by atoms with Gasteiger partial charge in [-0.15, -0.1) is 0 Å². The number of nitrogens with one attached hydrogen (secondary N) is 1. The Balaban J connectivity index is 1.73. The minimum absolute atomic E-state index is 0.196. The maximum absolute atomic E-state index is 13.3. The lowest BCUT2D eigenvalue weighted by Crippen LogP contribution is -2.42. The Morgan fingerprint density at radius 1 is 1.13 bits per heavy atom. The average Bonchev–Trinajstić information content (AvgIpc) is 2.78. The van der Waals surface area contributed by atoms with Crippen molar-refractivity contribution in [3.63, 3.8) is 0 Å². The number of hydrogen-bond donors (Lipinski definition) is 1. The van der Waals surface area contributed by atoms with E-state index in [-0.39, 0.29) is 23.5 Å². The Morgan fingerprint density at radius 2 is 1.81 bits per heavy atom. The molecule has 0 saturated heterocycles. The fourth-order valence-electron chi connectivity index (χ4n) is 3.12. The number of rotatable bonds is 8. The molecular weight excluding hydrogens is 402 g/mol. The highest BCUT2D eigenvalue weighted by molar-refractivity contribution is 5.99. The summed E-state index contributed by atoms with van der Waals surface area (Å²) in [5.74, 6) is -2.97. The van der Waals surface area contributed by atoms with Crippen LogP contribution >= 0.6 is 0 Å². The van der Waals surface area contributed by atoms with E-state index in [0.717, 1.165) is 24.9 Å². The van der Waals surface area contributed by atoms with Crippen LogP contribution in [0.3, 0.4) is 0 Å². The van der Waals surface area contributed by atoms with Crippen molar-refractivity contribution < 1.29 is 13.6 Å². The third-order valence-electron chi connectivity index (χ3n) is 4.84. The number of benzene rings is 1. The summed E-state index contributed by atoms with van der Waals surface area (Å²) < 4.78 is 26.6. The number of aromatic nitrogens is 4. The lowest BCUT2D eigenvalue weighted by molar-refractivity contribution is 0.0167. The molecule has 1 atom stereocenters. The Kier molecular flexibility index (Phi) is 6.84. The zero-order valence-corrected chi connectivity index (χ0v) is 17.6. The molecule has 0 bridgehead atoms. The number of anilines is 1. The number of amides is 1. The molecule has 1 amide bonds. The van der Waals surface area contributed by atoms with Gasteiger partial charge >= 0.3 is 0 Å². The molecule has 0 radical (unpaired) electrons. The minimum atomic E-state index is -2.99. The van der Waals surface area contributed by atoms with Gasteiger partial charge in [0.1, 0.15) is 6.33 Å². The molecule has 162 valence electrons. The number of likely N-dealkylation sites (N-methyl/N-ethyl adjacent to an activating group) is 1. The van der Waals surface area contributed by atoms with Crippen LogP contribution in [0, 0.1) is 0 Å². The molecule has 0 fully saturated rings. The molecule has 2 aromatic heterocycles. The minimum Gasteiger partial charge on any atom is -0.352 e. The zero-order chi connectivity index (χ0) is 22.4. The van der Waals surface area contributed by atoms with Crippen molar-refractivity contribution in [1.82, 2.24) is 24.8 Å². The first kappa shape index (κ1) is 22.2. The molecule has 31 heavy (non-hydrogen) atoms. The van der Waals surface area contributed by atoms with Gasteiger partial charge in [-0.3, -0.25) is 4.79 Å². The smallest absolute Gasteiger partial charge is 0.273 e. The molecule has 1 aromatic carbocycles. The molecule has 3 rings (SSSR count). The highest BCUT2D eigenvalue weighted by Gasteiger charge is 2.26. The quantitative estimate of drug-likeness (QED) is 0.586. The third-order valence-corrected chi connectivity index (χ3v) is 4.84. The summed E-state index contributed by atoms with van der Waals surface area (Å²) in [7, 11) is 0. The summed E-state index contributed by atoms with van der Waals surface area (Å²) in [5.41, 5.74) is 1.55. The first-order chi connectivity index (χ1) is 14.8. The lowest BCUT2D eigenvalue weighted by Gasteiger charge is -2.28. The van der Waals surface area contributed by atoms with Crippen LogP contribution in [0.1, 0.15) is 36.7 Å². The van der Waals surface area contributed by atoms with E-state index >= 15 is 0 Å². The second-order valence-electron chi connectivity index (χ2n) is 7.16. The van der Waals surface area contributed by atoms with Crippen LogP contribution < -0.4 is 5.32 Å². The number of carbonyl (C=O) groups excluding carboxylic acids is 1. The van der Waals surface area contributed by atoms with Gasteiger partial charge in [0.25, 0.3) is 11.8 Å². The summed E-state index contributed by atoms with van der Waals surface area (Å²) in [6.45, 7) is 5.37. The van der Waals surface area contributed by atoms with Gasteiger partial charge in [-0.25, -0.2) is 28.7 Å². The van der Waals surface area contributed by atoms with Gasteiger partial charge in [0.2, 0.25) is 5.95 Å². The monoisotopic (exact) mass is 426 g/mol. The number of carbonyl (C=O) groups is 1. The Labute approximate surface area is 179 Å². The predicted octanol–water partition coefficient (Wildman–Crippen LogP) is 4.01.